The molecule has 0 aliphatic rings. The molecule has 2 aromatic rings. The average molecular weight is 259 g/mol. The fourth-order valence-corrected chi connectivity index (χ4v) is 1.92. The van der Waals surface area contributed by atoms with Crippen LogP contribution in [0.15, 0.2) is 30.3 Å². The maximum Gasteiger partial charge on any atom is 0.218 e. The smallest absolute Gasteiger partial charge is 0.218 e. The molecule has 1 aromatic carbocycles. The average Bonchev–Trinajstić information content (AvgIpc) is 2.67. The molecule has 0 saturated carbocycles. The highest BCUT2D eigenvalue weighted by Gasteiger charge is 2.14. The molecule has 98 valence electrons. The van der Waals surface area contributed by atoms with E-state index in [9.17, 15) is 4.39 Å². The van der Waals surface area contributed by atoms with Crippen LogP contribution in [0.1, 0.15) is 18.2 Å². The Morgan fingerprint density at radius 1 is 1.42 bits per heavy atom. The van der Waals surface area contributed by atoms with Gasteiger partial charge in [-0.3, -0.25) is 4.57 Å². The first-order chi connectivity index (χ1) is 9.15. The van der Waals surface area contributed by atoms with Gasteiger partial charge >= 0.3 is 0 Å². The normalized spacial score (nSPS) is 10.2. The number of nitrogens with two attached hydrogens (primary N) is 1. The second kappa shape index (κ2) is 5.44. The van der Waals surface area contributed by atoms with Crippen molar-refractivity contribution in [3.05, 3.63) is 47.4 Å². The van der Waals surface area contributed by atoms with Crippen LogP contribution in [0.25, 0.3) is 0 Å². The molecule has 0 fully saturated rings. The molecule has 5 heteroatoms. The number of aromatic nitrogens is 1. The first-order valence-corrected chi connectivity index (χ1v) is 5.92. The lowest BCUT2D eigenvalue weighted by atomic mass is 10.2. The summed E-state index contributed by atoms with van der Waals surface area (Å²) >= 11 is 0. The number of nitriles is 1. The molecule has 19 heavy (non-hydrogen) atoms. The lowest BCUT2D eigenvalue weighted by molar-refractivity contribution is 0.313. The Morgan fingerprint density at radius 2 is 2.21 bits per heavy atom. The molecule has 0 saturated heterocycles. The van der Waals surface area contributed by atoms with Crippen LogP contribution < -0.4 is 10.5 Å². The molecule has 1 heterocycles. The lowest BCUT2D eigenvalue weighted by Gasteiger charge is -2.11. The maximum absolute atomic E-state index is 13.2. The molecule has 0 radical (unpaired) electrons. The monoisotopic (exact) mass is 259 g/mol. The summed E-state index contributed by atoms with van der Waals surface area (Å²) in [5.41, 5.74) is 7.37. The van der Waals surface area contributed by atoms with Crippen LogP contribution in [-0.2, 0) is 6.54 Å². The van der Waals surface area contributed by atoms with E-state index in [-0.39, 0.29) is 5.82 Å². The highest BCUT2D eigenvalue weighted by atomic mass is 19.1. The second-order valence-electron chi connectivity index (χ2n) is 4.05. The predicted octanol–water partition coefficient (Wildman–Crippen LogP) is 2.53. The van der Waals surface area contributed by atoms with Gasteiger partial charge in [0.2, 0.25) is 5.88 Å². The van der Waals surface area contributed by atoms with Crippen LogP contribution in [0.2, 0.25) is 0 Å². The highest BCUT2D eigenvalue weighted by molar-refractivity contribution is 5.55. The van der Waals surface area contributed by atoms with Crippen molar-refractivity contribution < 1.29 is 9.13 Å². The van der Waals surface area contributed by atoms with Gasteiger partial charge in [0.05, 0.1) is 18.8 Å². The van der Waals surface area contributed by atoms with Gasteiger partial charge in [0, 0.05) is 6.07 Å². The van der Waals surface area contributed by atoms with Gasteiger partial charge < -0.3 is 10.5 Å². The molecular formula is C14H14FN3O. The molecule has 1 aromatic heterocycles. The molecule has 0 bridgehead atoms. The van der Waals surface area contributed by atoms with Crippen LogP contribution in [-0.4, -0.2) is 11.2 Å². The number of hydrogen-bond acceptors (Lipinski definition) is 3. The quantitative estimate of drug-likeness (QED) is 0.917. The Balaban J connectivity index is 2.41. The van der Waals surface area contributed by atoms with Gasteiger partial charge in [-0.05, 0) is 24.6 Å². The van der Waals surface area contributed by atoms with E-state index < -0.39 is 0 Å². The molecule has 0 unspecified atom stereocenters. The van der Waals surface area contributed by atoms with Gasteiger partial charge in [-0.1, -0.05) is 12.1 Å². The number of nitrogens with zero attached hydrogens (tertiary/aromatic N) is 2. The van der Waals surface area contributed by atoms with Gasteiger partial charge in [-0.15, -0.1) is 0 Å². The number of nitrogen functional groups attached to an aromatic ring is 1. The van der Waals surface area contributed by atoms with Crippen LogP contribution in [0.4, 0.5) is 10.1 Å². The van der Waals surface area contributed by atoms with Crippen LogP contribution in [0.3, 0.4) is 0 Å². The number of rotatable bonds is 4. The Bertz CT molecular complexity index is 628. The number of benzene rings is 1. The summed E-state index contributed by atoms with van der Waals surface area (Å²) in [6.45, 7) is 2.63. The van der Waals surface area contributed by atoms with Crippen molar-refractivity contribution in [2.24, 2.45) is 0 Å². The molecule has 0 atom stereocenters. The predicted molar refractivity (Wildman–Crippen MR) is 70.2 cm³/mol. The van der Waals surface area contributed by atoms with Crippen molar-refractivity contribution in [2.45, 2.75) is 13.5 Å². The molecule has 0 aliphatic heterocycles. The SMILES string of the molecule is CCOc1c(N)cc(C#N)n1Cc1cccc(F)c1. The van der Waals surface area contributed by atoms with Crippen molar-refractivity contribution in [1.29, 1.82) is 5.26 Å². The van der Waals surface area contributed by atoms with E-state index in [4.69, 9.17) is 15.7 Å². The minimum atomic E-state index is -0.311. The zero-order valence-electron chi connectivity index (χ0n) is 10.6. The van der Waals surface area contributed by atoms with Crippen molar-refractivity contribution >= 4 is 5.69 Å². The van der Waals surface area contributed by atoms with Crippen molar-refractivity contribution in [3.63, 3.8) is 0 Å². The van der Waals surface area contributed by atoms with Gasteiger partial charge in [-0.25, -0.2) is 4.39 Å². The van der Waals surface area contributed by atoms with E-state index in [0.717, 1.165) is 5.56 Å². The van der Waals surface area contributed by atoms with Gasteiger partial charge in [0.1, 0.15) is 17.6 Å². The van der Waals surface area contributed by atoms with E-state index in [1.807, 2.05) is 6.92 Å². The number of anilines is 1. The summed E-state index contributed by atoms with van der Waals surface area (Å²) in [4.78, 5) is 0. The van der Waals surface area contributed by atoms with Gasteiger partial charge in [0.15, 0.2) is 0 Å². The third kappa shape index (κ3) is 2.68. The standard InChI is InChI=1S/C14H14FN3O/c1-2-19-14-13(17)7-12(8-16)18(14)9-10-4-3-5-11(15)6-10/h3-7H,2,9,17H2,1H3. The largest absolute Gasteiger partial charge is 0.478 e. The molecule has 0 amide bonds. The fourth-order valence-electron chi connectivity index (χ4n) is 1.92. The van der Waals surface area contributed by atoms with Gasteiger partial charge in [-0.2, -0.15) is 5.26 Å². The molecule has 2 N–H and O–H groups in total. The first-order valence-electron chi connectivity index (χ1n) is 5.92. The Morgan fingerprint density at radius 3 is 2.84 bits per heavy atom. The highest BCUT2D eigenvalue weighted by Crippen LogP contribution is 2.27. The van der Waals surface area contributed by atoms with Gasteiger partial charge in [0.25, 0.3) is 0 Å². The summed E-state index contributed by atoms with van der Waals surface area (Å²) in [6.07, 6.45) is 0. The third-order valence-electron chi connectivity index (χ3n) is 2.70. The summed E-state index contributed by atoms with van der Waals surface area (Å²) in [7, 11) is 0. The third-order valence-corrected chi connectivity index (χ3v) is 2.70. The minimum absolute atomic E-state index is 0.311. The maximum atomic E-state index is 13.2. The summed E-state index contributed by atoms with van der Waals surface area (Å²) in [5, 5.41) is 9.10. The molecule has 4 nitrogen and oxygen atoms in total. The zero-order valence-corrected chi connectivity index (χ0v) is 10.6. The molecular weight excluding hydrogens is 245 g/mol. The van der Waals surface area contributed by atoms with Crippen molar-refractivity contribution in [3.8, 4) is 11.9 Å². The number of halogens is 1. The van der Waals surface area contributed by atoms with Crippen LogP contribution >= 0.6 is 0 Å². The lowest BCUT2D eigenvalue weighted by Crippen LogP contribution is -2.07. The summed E-state index contributed by atoms with van der Waals surface area (Å²) in [5.74, 6) is 0.136. The van der Waals surface area contributed by atoms with E-state index >= 15 is 0 Å². The molecule has 2 rings (SSSR count). The minimum Gasteiger partial charge on any atom is -0.478 e. The zero-order chi connectivity index (χ0) is 13.8. The number of ether oxygens (including phenoxy) is 1. The fraction of sp³-hybridized carbons (Fsp3) is 0.214. The molecule has 0 aliphatic carbocycles. The van der Waals surface area contributed by atoms with E-state index in [2.05, 4.69) is 6.07 Å². The Labute approximate surface area is 110 Å². The molecule has 0 spiro atoms. The summed E-state index contributed by atoms with van der Waals surface area (Å²) < 4.78 is 20.3. The Hall–Kier alpha value is -2.48. The number of hydrogen-bond donors (Lipinski definition) is 1. The Kier molecular flexibility index (Phi) is 3.71. The van der Waals surface area contributed by atoms with E-state index in [1.165, 1.54) is 12.1 Å². The van der Waals surface area contributed by atoms with E-state index in [0.29, 0.717) is 30.4 Å². The first kappa shape index (κ1) is 13.0. The summed E-state index contributed by atoms with van der Waals surface area (Å²) in [6, 6.07) is 9.84. The topological polar surface area (TPSA) is 64.0 Å². The van der Waals surface area contributed by atoms with E-state index in [1.54, 1.807) is 22.8 Å². The van der Waals surface area contributed by atoms with Crippen LogP contribution in [0, 0.1) is 17.1 Å². The van der Waals surface area contributed by atoms with Crippen molar-refractivity contribution in [2.75, 3.05) is 12.3 Å². The van der Waals surface area contributed by atoms with Crippen LogP contribution in [0.5, 0.6) is 5.88 Å². The second-order valence-corrected chi connectivity index (χ2v) is 4.05. The van der Waals surface area contributed by atoms with Crippen molar-refractivity contribution in [1.82, 2.24) is 4.57 Å².